The van der Waals surface area contributed by atoms with E-state index in [0.29, 0.717) is 23.5 Å². The highest BCUT2D eigenvalue weighted by Gasteiger charge is 2.37. The Labute approximate surface area is 231 Å². The van der Waals surface area contributed by atoms with Crippen LogP contribution in [-0.2, 0) is 6.61 Å². The van der Waals surface area contributed by atoms with E-state index in [0.717, 1.165) is 33.5 Å². The van der Waals surface area contributed by atoms with Gasteiger partial charge in [0, 0.05) is 38.4 Å². The smallest absolute Gasteiger partial charge is 0.128 e. The summed E-state index contributed by atoms with van der Waals surface area (Å²) in [5, 5.41) is 4.50. The third-order valence-corrected chi connectivity index (χ3v) is 8.05. The number of para-hydroxylation sites is 1. The van der Waals surface area contributed by atoms with Gasteiger partial charge in [0.25, 0.3) is 0 Å². The first kappa shape index (κ1) is 24.0. The summed E-state index contributed by atoms with van der Waals surface area (Å²) in [6, 6.07) is 31.2. The lowest BCUT2D eigenvalue weighted by Gasteiger charge is -2.37. The molecule has 0 aromatic heterocycles. The van der Waals surface area contributed by atoms with Crippen molar-refractivity contribution in [1.82, 2.24) is 0 Å². The second-order valence-electron chi connectivity index (χ2n) is 9.47. The molecule has 3 nitrogen and oxygen atoms in total. The van der Waals surface area contributed by atoms with Gasteiger partial charge < -0.3 is 10.1 Å². The number of nitrogens with zero attached hydrogens (tertiary/aromatic N) is 1. The molecule has 0 bridgehead atoms. The topological polar surface area (TPSA) is 33.6 Å². The Bertz CT molecular complexity index is 1480. The van der Waals surface area contributed by atoms with Crippen LogP contribution in [0.2, 0.25) is 5.02 Å². The predicted molar refractivity (Wildman–Crippen MR) is 156 cm³/mol. The van der Waals surface area contributed by atoms with Crippen molar-refractivity contribution < 1.29 is 4.74 Å². The average molecular weight is 570 g/mol. The fourth-order valence-corrected chi connectivity index (χ4v) is 5.88. The Morgan fingerprint density at radius 3 is 2.65 bits per heavy atom. The standard InChI is InChI=1S/C32H26BrClN2O/c33-24-14-17-31(37-20-22-6-1-3-10-29(22)34)23(18-24)19-35-25-15-12-21(13-16-25)32-28-9-5-8-26(28)27-7-2-4-11-30(27)36-32/h1-8,10-19,26,28,32,36H,9,20H2/t26-,28-,32-/m0/s1. The fraction of sp³-hybridized carbons (Fsp3) is 0.156. The van der Waals surface area contributed by atoms with Crippen LogP contribution in [0.5, 0.6) is 5.75 Å². The van der Waals surface area contributed by atoms with Crippen LogP contribution in [-0.4, -0.2) is 6.21 Å². The minimum absolute atomic E-state index is 0.280. The molecule has 6 rings (SSSR count). The van der Waals surface area contributed by atoms with E-state index < -0.39 is 0 Å². The third kappa shape index (κ3) is 5.09. The van der Waals surface area contributed by atoms with Crippen molar-refractivity contribution in [2.45, 2.75) is 25.0 Å². The molecule has 0 unspecified atom stereocenters. The van der Waals surface area contributed by atoms with Gasteiger partial charge in [0.15, 0.2) is 0 Å². The van der Waals surface area contributed by atoms with Crippen LogP contribution >= 0.6 is 27.5 Å². The van der Waals surface area contributed by atoms with Gasteiger partial charge in [-0.25, -0.2) is 0 Å². The zero-order chi connectivity index (χ0) is 25.2. The number of halogens is 2. The van der Waals surface area contributed by atoms with Crippen LogP contribution in [0.15, 0.2) is 113 Å². The van der Waals surface area contributed by atoms with Gasteiger partial charge in [-0.05, 0) is 65.9 Å². The molecule has 2 aliphatic rings. The number of aliphatic imine (C=N–C) groups is 1. The number of nitrogens with one attached hydrogen (secondary N) is 1. The first-order valence-electron chi connectivity index (χ1n) is 12.5. The molecule has 184 valence electrons. The minimum Gasteiger partial charge on any atom is -0.488 e. The van der Waals surface area contributed by atoms with Gasteiger partial charge in [-0.2, -0.15) is 0 Å². The molecular weight excluding hydrogens is 544 g/mol. The Morgan fingerprint density at radius 2 is 1.78 bits per heavy atom. The molecule has 0 radical (unpaired) electrons. The Morgan fingerprint density at radius 1 is 0.973 bits per heavy atom. The highest BCUT2D eigenvalue weighted by atomic mass is 79.9. The molecule has 0 amide bonds. The Hall–Kier alpha value is -3.34. The van der Waals surface area contributed by atoms with Gasteiger partial charge in [0.05, 0.1) is 11.7 Å². The molecule has 1 N–H and O–H groups in total. The Balaban J connectivity index is 1.19. The number of fused-ring (bicyclic) bond motifs is 3. The predicted octanol–water partition coefficient (Wildman–Crippen LogP) is 9.26. The number of anilines is 1. The molecule has 0 saturated carbocycles. The van der Waals surface area contributed by atoms with E-state index in [4.69, 9.17) is 21.3 Å². The van der Waals surface area contributed by atoms with Crippen LogP contribution in [0.1, 0.15) is 40.6 Å². The number of benzene rings is 4. The summed E-state index contributed by atoms with van der Waals surface area (Å²) in [6.07, 6.45) is 7.65. The lowest BCUT2D eigenvalue weighted by molar-refractivity contribution is 0.306. The normalized spacial score (nSPS) is 19.9. The van der Waals surface area contributed by atoms with Crippen molar-refractivity contribution in [3.63, 3.8) is 0 Å². The first-order valence-corrected chi connectivity index (χ1v) is 13.6. The highest BCUT2D eigenvalue weighted by molar-refractivity contribution is 9.10. The van der Waals surface area contributed by atoms with E-state index >= 15 is 0 Å². The van der Waals surface area contributed by atoms with Crippen molar-refractivity contribution in [2.75, 3.05) is 5.32 Å². The van der Waals surface area contributed by atoms with E-state index in [9.17, 15) is 0 Å². The summed E-state index contributed by atoms with van der Waals surface area (Å²) in [6.45, 7) is 0.394. The van der Waals surface area contributed by atoms with Crippen LogP contribution < -0.4 is 10.1 Å². The van der Waals surface area contributed by atoms with Crippen molar-refractivity contribution in [2.24, 2.45) is 10.9 Å². The molecule has 1 heterocycles. The molecule has 1 aliphatic carbocycles. The average Bonchev–Trinajstić information content (AvgIpc) is 3.43. The largest absolute Gasteiger partial charge is 0.488 e. The quantitative estimate of drug-likeness (QED) is 0.185. The molecule has 0 saturated heterocycles. The van der Waals surface area contributed by atoms with Crippen LogP contribution in [0.25, 0.3) is 0 Å². The summed E-state index contributed by atoms with van der Waals surface area (Å²) in [4.78, 5) is 4.75. The number of ether oxygens (including phenoxy) is 1. The SMILES string of the molecule is Clc1ccccc1COc1ccc(Br)cc1C=Nc1ccc([C@@H]2Nc3ccccc3[C@@H]3C=CC[C@@H]32)cc1. The van der Waals surface area contributed by atoms with Crippen LogP contribution in [0.4, 0.5) is 11.4 Å². The molecule has 37 heavy (non-hydrogen) atoms. The zero-order valence-corrected chi connectivity index (χ0v) is 22.5. The van der Waals surface area contributed by atoms with Crippen molar-refractivity contribution in [3.05, 3.63) is 135 Å². The van der Waals surface area contributed by atoms with Crippen molar-refractivity contribution >= 4 is 45.1 Å². The molecule has 4 aromatic rings. The summed E-state index contributed by atoms with van der Waals surface area (Å²) >= 11 is 9.87. The summed E-state index contributed by atoms with van der Waals surface area (Å²) in [5.74, 6) is 1.76. The van der Waals surface area contributed by atoms with Crippen molar-refractivity contribution in [3.8, 4) is 5.75 Å². The third-order valence-electron chi connectivity index (χ3n) is 7.19. The maximum Gasteiger partial charge on any atom is 0.128 e. The molecule has 3 atom stereocenters. The van der Waals surface area contributed by atoms with Crippen LogP contribution in [0, 0.1) is 5.92 Å². The lowest BCUT2D eigenvalue weighted by atomic mass is 9.77. The van der Waals surface area contributed by atoms with Gasteiger partial charge in [-0.15, -0.1) is 0 Å². The second kappa shape index (κ2) is 10.6. The lowest BCUT2D eigenvalue weighted by Crippen LogP contribution is -2.28. The Kier molecular flexibility index (Phi) is 6.86. The second-order valence-corrected chi connectivity index (χ2v) is 10.8. The van der Waals surface area contributed by atoms with E-state index in [1.165, 1.54) is 16.8 Å². The van der Waals surface area contributed by atoms with Gasteiger partial charge >= 0.3 is 0 Å². The van der Waals surface area contributed by atoms with Crippen LogP contribution in [0.3, 0.4) is 0 Å². The summed E-state index contributed by atoms with van der Waals surface area (Å²) in [7, 11) is 0. The van der Waals surface area contributed by atoms with E-state index in [-0.39, 0.29) is 6.04 Å². The highest BCUT2D eigenvalue weighted by Crippen LogP contribution is 2.49. The monoisotopic (exact) mass is 568 g/mol. The molecule has 4 aromatic carbocycles. The molecule has 1 aliphatic heterocycles. The fourth-order valence-electron chi connectivity index (χ4n) is 5.31. The van der Waals surface area contributed by atoms with E-state index in [1.807, 2.05) is 48.7 Å². The minimum atomic E-state index is 0.280. The van der Waals surface area contributed by atoms with Gasteiger partial charge in [0.1, 0.15) is 12.4 Å². The number of hydrogen-bond donors (Lipinski definition) is 1. The molecule has 5 heteroatoms. The van der Waals surface area contributed by atoms with Gasteiger partial charge in [-0.1, -0.05) is 88.2 Å². The molecular formula is C32H26BrClN2O. The maximum atomic E-state index is 6.30. The zero-order valence-electron chi connectivity index (χ0n) is 20.1. The number of allylic oxidation sites excluding steroid dienone is 2. The number of rotatable bonds is 6. The van der Waals surface area contributed by atoms with E-state index in [1.54, 1.807) is 0 Å². The maximum absolute atomic E-state index is 6.30. The van der Waals surface area contributed by atoms with Gasteiger partial charge in [-0.3, -0.25) is 4.99 Å². The van der Waals surface area contributed by atoms with E-state index in [2.05, 4.69) is 81.9 Å². The summed E-state index contributed by atoms with van der Waals surface area (Å²) in [5.41, 5.74) is 6.68. The molecule has 0 spiro atoms. The molecule has 0 fully saturated rings. The van der Waals surface area contributed by atoms with Gasteiger partial charge in [0.2, 0.25) is 0 Å². The van der Waals surface area contributed by atoms with Crippen molar-refractivity contribution in [1.29, 1.82) is 0 Å². The first-order chi connectivity index (χ1) is 18.2. The summed E-state index contributed by atoms with van der Waals surface area (Å²) < 4.78 is 7.07. The number of hydrogen-bond acceptors (Lipinski definition) is 3.